The molecule has 0 aromatic heterocycles. The molecule has 0 heterocycles. The monoisotopic (exact) mass is 241 g/mol. The lowest BCUT2D eigenvalue weighted by atomic mass is 10.1. The van der Waals surface area contributed by atoms with Gasteiger partial charge in [-0.15, -0.1) is 0 Å². The lowest BCUT2D eigenvalue weighted by molar-refractivity contribution is 0.102. The molecular formula is C14H11NO3. The second-order valence-corrected chi connectivity index (χ2v) is 3.71. The summed E-state index contributed by atoms with van der Waals surface area (Å²) in [4.78, 5) is 22.7. The zero-order valence-corrected chi connectivity index (χ0v) is 9.46. The van der Waals surface area contributed by atoms with Crippen molar-refractivity contribution in [3.63, 3.8) is 0 Å². The Morgan fingerprint density at radius 3 is 2.39 bits per heavy atom. The van der Waals surface area contributed by atoms with Crippen LogP contribution < -0.4 is 5.32 Å². The van der Waals surface area contributed by atoms with Crippen LogP contribution in [-0.2, 0) is 0 Å². The van der Waals surface area contributed by atoms with Crippen molar-refractivity contribution in [2.45, 2.75) is 0 Å². The molecule has 0 bridgehead atoms. The number of rotatable bonds is 3. The molecule has 0 saturated carbocycles. The number of carbonyl (C=O) groups is 2. The summed E-state index contributed by atoms with van der Waals surface area (Å²) in [5.74, 6) is -0.232. The van der Waals surface area contributed by atoms with Gasteiger partial charge in [0, 0.05) is 11.1 Å². The predicted molar refractivity (Wildman–Crippen MR) is 67.9 cm³/mol. The number of carbonyl (C=O) groups excluding carboxylic acids is 2. The fourth-order valence-electron chi connectivity index (χ4n) is 1.52. The Bertz CT molecular complexity index is 576. The molecule has 18 heavy (non-hydrogen) atoms. The first-order chi connectivity index (χ1) is 8.70. The molecule has 0 aliphatic rings. The average molecular weight is 241 g/mol. The number of anilines is 1. The molecule has 90 valence electrons. The number of benzene rings is 2. The van der Waals surface area contributed by atoms with Crippen molar-refractivity contribution < 1.29 is 14.7 Å². The lowest BCUT2D eigenvalue weighted by Crippen LogP contribution is -2.12. The van der Waals surface area contributed by atoms with E-state index < -0.39 is 0 Å². The molecular weight excluding hydrogens is 230 g/mol. The van der Waals surface area contributed by atoms with Gasteiger partial charge in [-0.2, -0.15) is 0 Å². The number of hydrogen-bond acceptors (Lipinski definition) is 3. The van der Waals surface area contributed by atoms with E-state index in [1.54, 1.807) is 24.3 Å². The van der Waals surface area contributed by atoms with E-state index in [1.165, 1.54) is 24.3 Å². The quantitative estimate of drug-likeness (QED) is 0.811. The molecule has 4 nitrogen and oxygen atoms in total. The van der Waals surface area contributed by atoms with E-state index in [2.05, 4.69) is 5.32 Å². The first-order valence-electron chi connectivity index (χ1n) is 5.35. The van der Waals surface area contributed by atoms with Crippen molar-refractivity contribution in [3.8, 4) is 5.75 Å². The Morgan fingerprint density at radius 1 is 1.06 bits per heavy atom. The topological polar surface area (TPSA) is 66.4 Å². The first-order valence-corrected chi connectivity index (χ1v) is 5.35. The van der Waals surface area contributed by atoms with Gasteiger partial charge in [-0.25, -0.2) is 0 Å². The summed E-state index contributed by atoms with van der Waals surface area (Å²) in [6.45, 7) is 0. The fourth-order valence-corrected chi connectivity index (χ4v) is 1.52. The van der Waals surface area contributed by atoms with Crippen LogP contribution in [-0.4, -0.2) is 17.3 Å². The van der Waals surface area contributed by atoms with Gasteiger partial charge in [0.15, 0.2) is 6.29 Å². The normalized spacial score (nSPS) is 9.78. The van der Waals surface area contributed by atoms with Gasteiger partial charge >= 0.3 is 0 Å². The average Bonchev–Trinajstić information content (AvgIpc) is 2.40. The summed E-state index contributed by atoms with van der Waals surface area (Å²) >= 11 is 0. The standard InChI is InChI=1S/C14H11NO3/c16-9-11-3-1-2-4-13(11)15-14(18)10-5-7-12(17)8-6-10/h1-9,17H,(H,15,18). The van der Waals surface area contributed by atoms with Crippen LogP contribution in [0.2, 0.25) is 0 Å². The van der Waals surface area contributed by atoms with Gasteiger partial charge in [0.2, 0.25) is 0 Å². The third-order valence-electron chi connectivity index (χ3n) is 2.47. The maximum atomic E-state index is 11.9. The number of amides is 1. The van der Waals surface area contributed by atoms with Gasteiger partial charge < -0.3 is 10.4 Å². The Labute approximate surface area is 104 Å². The SMILES string of the molecule is O=Cc1ccccc1NC(=O)c1ccc(O)cc1. The van der Waals surface area contributed by atoms with Crippen LogP contribution in [0.25, 0.3) is 0 Å². The summed E-state index contributed by atoms with van der Waals surface area (Å²) < 4.78 is 0. The number of aldehydes is 1. The van der Waals surface area contributed by atoms with Crippen molar-refractivity contribution >= 4 is 17.9 Å². The Balaban J connectivity index is 2.21. The molecule has 4 heteroatoms. The summed E-state index contributed by atoms with van der Waals surface area (Å²) in [7, 11) is 0. The van der Waals surface area contributed by atoms with Crippen LogP contribution >= 0.6 is 0 Å². The van der Waals surface area contributed by atoms with E-state index in [0.717, 1.165) is 0 Å². The van der Waals surface area contributed by atoms with Gasteiger partial charge in [-0.3, -0.25) is 9.59 Å². The van der Waals surface area contributed by atoms with Gasteiger partial charge in [0.1, 0.15) is 5.75 Å². The molecule has 0 aliphatic heterocycles. The number of phenolic OH excluding ortho intramolecular Hbond substituents is 1. The minimum atomic E-state index is -0.329. The second-order valence-electron chi connectivity index (χ2n) is 3.71. The fraction of sp³-hybridized carbons (Fsp3) is 0. The van der Waals surface area contributed by atoms with Crippen LogP contribution in [0.4, 0.5) is 5.69 Å². The van der Waals surface area contributed by atoms with Crippen molar-refractivity contribution in [1.29, 1.82) is 0 Å². The molecule has 0 unspecified atom stereocenters. The van der Waals surface area contributed by atoms with Crippen LogP contribution in [0.15, 0.2) is 48.5 Å². The number of nitrogens with one attached hydrogen (secondary N) is 1. The predicted octanol–water partition coefficient (Wildman–Crippen LogP) is 2.46. The van der Waals surface area contributed by atoms with Gasteiger partial charge in [0.25, 0.3) is 5.91 Å². The summed E-state index contributed by atoms with van der Waals surface area (Å²) in [6, 6.07) is 12.6. The summed E-state index contributed by atoms with van der Waals surface area (Å²) in [5, 5.41) is 11.8. The molecule has 2 rings (SSSR count). The maximum Gasteiger partial charge on any atom is 0.255 e. The van der Waals surface area contributed by atoms with Gasteiger partial charge in [-0.05, 0) is 36.4 Å². The molecule has 2 N–H and O–H groups in total. The highest BCUT2D eigenvalue weighted by atomic mass is 16.3. The molecule has 0 saturated heterocycles. The third-order valence-corrected chi connectivity index (χ3v) is 2.47. The van der Waals surface area contributed by atoms with E-state index in [9.17, 15) is 9.59 Å². The third kappa shape index (κ3) is 2.55. The Kier molecular flexibility index (Phi) is 3.38. The number of phenols is 1. The van der Waals surface area contributed by atoms with Crippen molar-refractivity contribution in [1.82, 2.24) is 0 Å². The molecule has 1 amide bonds. The van der Waals surface area contributed by atoms with Crippen molar-refractivity contribution in [2.24, 2.45) is 0 Å². The van der Waals surface area contributed by atoms with Crippen LogP contribution in [0.3, 0.4) is 0 Å². The Hall–Kier alpha value is -2.62. The van der Waals surface area contributed by atoms with Crippen molar-refractivity contribution in [3.05, 3.63) is 59.7 Å². The van der Waals surface area contributed by atoms with Gasteiger partial charge in [-0.1, -0.05) is 12.1 Å². The maximum absolute atomic E-state index is 11.9. The highest BCUT2D eigenvalue weighted by Gasteiger charge is 2.08. The first kappa shape index (κ1) is 11.9. The highest BCUT2D eigenvalue weighted by molar-refractivity contribution is 6.06. The van der Waals surface area contributed by atoms with E-state index in [4.69, 9.17) is 5.11 Å². The molecule has 0 spiro atoms. The highest BCUT2D eigenvalue weighted by Crippen LogP contribution is 2.15. The summed E-state index contributed by atoms with van der Waals surface area (Å²) in [5.41, 5.74) is 1.30. The van der Waals surface area contributed by atoms with Crippen LogP contribution in [0.1, 0.15) is 20.7 Å². The summed E-state index contributed by atoms with van der Waals surface area (Å²) in [6.07, 6.45) is 0.687. The molecule has 2 aromatic rings. The zero-order valence-electron chi connectivity index (χ0n) is 9.46. The zero-order chi connectivity index (χ0) is 13.0. The molecule has 0 atom stereocenters. The van der Waals surface area contributed by atoms with Crippen LogP contribution in [0.5, 0.6) is 5.75 Å². The molecule has 0 radical (unpaired) electrons. The second kappa shape index (κ2) is 5.14. The van der Waals surface area contributed by atoms with Crippen LogP contribution in [0, 0.1) is 0 Å². The molecule has 0 aliphatic carbocycles. The lowest BCUT2D eigenvalue weighted by Gasteiger charge is -2.07. The smallest absolute Gasteiger partial charge is 0.255 e. The van der Waals surface area contributed by atoms with Gasteiger partial charge in [0.05, 0.1) is 5.69 Å². The molecule has 0 fully saturated rings. The van der Waals surface area contributed by atoms with E-state index in [0.29, 0.717) is 23.1 Å². The largest absolute Gasteiger partial charge is 0.508 e. The number of para-hydroxylation sites is 1. The number of aromatic hydroxyl groups is 1. The van der Waals surface area contributed by atoms with E-state index in [-0.39, 0.29) is 11.7 Å². The Morgan fingerprint density at radius 2 is 1.72 bits per heavy atom. The minimum absolute atomic E-state index is 0.0971. The van der Waals surface area contributed by atoms with E-state index >= 15 is 0 Å². The number of hydrogen-bond donors (Lipinski definition) is 2. The van der Waals surface area contributed by atoms with E-state index in [1.807, 2.05) is 0 Å². The minimum Gasteiger partial charge on any atom is -0.508 e. The van der Waals surface area contributed by atoms with Crippen molar-refractivity contribution in [2.75, 3.05) is 5.32 Å². The molecule has 2 aromatic carbocycles.